The zero-order valence-electron chi connectivity index (χ0n) is 32.3. The maximum Gasteiger partial charge on any atom is 0.163 e. The summed E-state index contributed by atoms with van der Waals surface area (Å²) in [5.74, 6) is 0.150. The molecule has 4 heterocycles. The molecule has 6 rings (SSSR count). The van der Waals surface area contributed by atoms with Crippen LogP contribution in [0.3, 0.4) is 0 Å². The van der Waals surface area contributed by atoms with E-state index in [9.17, 15) is 5.11 Å². The quantitative estimate of drug-likeness (QED) is 0.0706. The Bertz CT molecular complexity index is 1880. The van der Waals surface area contributed by atoms with Crippen LogP contribution in [0, 0.1) is 5.41 Å². The normalized spacial score (nSPS) is 24.6. The highest BCUT2D eigenvalue weighted by Crippen LogP contribution is 2.58. The molecule has 0 spiro atoms. The van der Waals surface area contributed by atoms with Gasteiger partial charge in [-0.2, -0.15) is 5.10 Å². The number of pyridine rings is 1. The molecule has 14 heteroatoms. The smallest absolute Gasteiger partial charge is 0.163 e. The second-order valence-electron chi connectivity index (χ2n) is 17.9. The minimum absolute atomic E-state index is 0.319. The van der Waals surface area contributed by atoms with E-state index in [4.69, 9.17) is 46.4 Å². The van der Waals surface area contributed by atoms with Gasteiger partial charge >= 0.3 is 0 Å². The molecule has 1 aliphatic heterocycles. The third-order valence-electron chi connectivity index (χ3n) is 10.4. The van der Waals surface area contributed by atoms with Crippen molar-refractivity contribution in [1.82, 2.24) is 19.6 Å². The third-order valence-corrected chi connectivity index (χ3v) is 14.1. The van der Waals surface area contributed by atoms with E-state index in [0.717, 1.165) is 46.9 Å². The Hall–Kier alpha value is -2.63. The fourth-order valence-electron chi connectivity index (χ4n) is 7.45. The molecule has 0 bridgehead atoms. The van der Waals surface area contributed by atoms with Crippen LogP contribution in [-0.2, 0) is 31.0 Å². The molecule has 52 heavy (non-hydrogen) atoms. The van der Waals surface area contributed by atoms with Crippen LogP contribution in [0.2, 0.25) is 56.4 Å². The molecule has 4 aromatic rings. The second-order valence-corrected chi connectivity index (χ2v) is 29.6. The molecule has 284 valence electrons. The number of hydrogen-bond acceptors (Lipinski definition) is 10. The fraction of sp³-hybridized carbons (Fsp3) is 0.605. The van der Waals surface area contributed by atoms with Gasteiger partial charge in [-0.15, -0.1) is 0 Å². The zero-order chi connectivity index (χ0) is 37.7. The number of nitrogen functional groups attached to an aromatic ring is 1. The fourth-order valence-corrected chi connectivity index (χ4v) is 9.12. The molecule has 2 aliphatic rings. The summed E-state index contributed by atoms with van der Waals surface area (Å²) in [6.45, 7) is 22.2. The highest BCUT2D eigenvalue weighted by Gasteiger charge is 2.66. The van der Waals surface area contributed by atoms with Crippen LogP contribution >= 0.6 is 11.6 Å². The molecule has 1 saturated heterocycles. The SMILES string of the molecule is CC1(C)O[C@@H]2[C@H](O1)[C@@](C)(CCc1ccc3cc(Cl)c(N)nc3c1)C[C@@]2(O)c1ccc2c(N(COCC[Si](C)(C)C)COCC[Si](C)(C)C)ncnn12. The first-order valence-electron chi connectivity index (χ1n) is 18.4. The molecular weight excluding hydrogens is 712 g/mol. The number of halogens is 1. The van der Waals surface area contributed by atoms with Crippen LogP contribution in [0.25, 0.3) is 16.4 Å². The number of ether oxygens (including phenoxy) is 4. The monoisotopic (exact) mass is 768 g/mol. The van der Waals surface area contributed by atoms with Gasteiger partial charge in [-0.25, -0.2) is 14.5 Å². The minimum Gasteiger partial charge on any atom is -0.382 e. The van der Waals surface area contributed by atoms with E-state index in [-0.39, 0.29) is 6.10 Å². The molecule has 4 atom stereocenters. The molecule has 2 fully saturated rings. The summed E-state index contributed by atoms with van der Waals surface area (Å²) >= 11 is 6.22. The number of nitrogens with two attached hydrogens (primary N) is 1. The van der Waals surface area contributed by atoms with Gasteiger partial charge in [-0.05, 0) is 75.0 Å². The summed E-state index contributed by atoms with van der Waals surface area (Å²) in [7, 11) is -2.52. The average Bonchev–Trinajstić information content (AvgIpc) is 3.69. The van der Waals surface area contributed by atoms with Crippen molar-refractivity contribution >= 4 is 55.8 Å². The van der Waals surface area contributed by atoms with E-state index < -0.39 is 39.1 Å². The predicted octanol–water partition coefficient (Wildman–Crippen LogP) is 7.69. The number of anilines is 2. The van der Waals surface area contributed by atoms with Gasteiger partial charge in [0, 0.05) is 40.2 Å². The Kier molecular flexibility index (Phi) is 10.9. The first kappa shape index (κ1) is 39.1. The van der Waals surface area contributed by atoms with E-state index in [0.29, 0.717) is 55.4 Å². The Labute approximate surface area is 315 Å². The topological polar surface area (TPSA) is 129 Å². The number of aryl methyl sites for hydroxylation is 1. The van der Waals surface area contributed by atoms with Crippen molar-refractivity contribution in [3.63, 3.8) is 0 Å². The molecule has 1 aliphatic carbocycles. The van der Waals surface area contributed by atoms with Crippen molar-refractivity contribution in [3.8, 4) is 0 Å². The van der Waals surface area contributed by atoms with Gasteiger partial charge in [0.25, 0.3) is 0 Å². The van der Waals surface area contributed by atoms with Crippen molar-refractivity contribution in [3.05, 3.63) is 59.0 Å². The largest absolute Gasteiger partial charge is 0.382 e. The molecule has 11 nitrogen and oxygen atoms in total. The summed E-state index contributed by atoms with van der Waals surface area (Å²) in [6, 6.07) is 14.1. The maximum absolute atomic E-state index is 12.8. The zero-order valence-corrected chi connectivity index (χ0v) is 35.1. The maximum atomic E-state index is 12.8. The Morgan fingerprint density at radius 1 is 0.962 bits per heavy atom. The third kappa shape index (κ3) is 8.52. The lowest BCUT2D eigenvalue weighted by atomic mass is 9.79. The lowest BCUT2D eigenvalue weighted by molar-refractivity contribution is -0.192. The van der Waals surface area contributed by atoms with Gasteiger partial charge < -0.3 is 34.7 Å². The number of nitrogens with zero attached hydrogens (tertiary/aromatic N) is 5. The Morgan fingerprint density at radius 2 is 1.62 bits per heavy atom. The molecule has 3 N–H and O–H groups in total. The van der Waals surface area contributed by atoms with Crippen molar-refractivity contribution in [2.24, 2.45) is 5.41 Å². The molecule has 1 saturated carbocycles. The van der Waals surface area contributed by atoms with E-state index in [1.165, 1.54) is 0 Å². The van der Waals surface area contributed by atoms with Gasteiger partial charge in [-0.3, -0.25) is 0 Å². The Morgan fingerprint density at radius 3 is 2.27 bits per heavy atom. The van der Waals surface area contributed by atoms with Crippen LogP contribution in [0.4, 0.5) is 11.6 Å². The molecule has 0 amide bonds. The number of hydrogen-bond donors (Lipinski definition) is 2. The highest BCUT2D eigenvalue weighted by molar-refractivity contribution is 6.76. The van der Waals surface area contributed by atoms with Gasteiger partial charge in [-0.1, -0.05) is 69.9 Å². The second kappa shape index (κ2) is 14.6. The average molecular weight is 770 g/mol. The van der Waals surface area contributed by atoms with Gasteiger partial charge in [0.2, 0.25) is 0 Å². The van der Waals surface area contributed by atoms with Crippen LogP contribution in [0.15, 0.2) is 42.7 Å². The first-order valence-corrected chi connectivity index (χ1v) is 26.2. The van der Waals surface area contributed by atoms with Crippen LogP contribution in [0.1, 0.15) is 44.9 Å². The molecule has 0 unspecified atom stereocenters. The number of aromatic nitrogens is 4. The van der Waals surface area contributed by atoms with Gasteiger partial charge in [0.15, 0.2) is 11.6 Å². The number of fused-ring (bicyclic) bond motifs is 3. The summed E-state index contributed by atoms with van der Waals surface area (Å²) in [6.07, 6.45) is 2.53. The number of rotatable bonds is 15. The van der Waals surface area contributed by atoms with Crippen molar-refractivity contribution in [2.75, 3.05) is 37.3 Å². The van der Waals surface area contributed by atoms with E-state index in [1.54, 1.807) is 6.33 Å². The summed E-state index contributed by atoms with van der Waals surface area (Å²) in [5.41, 5.74) is 7.55. The van der Waals surface area contributed by atoms with Crippen molar-refractivity contribution in [2.45, 2.75) is 115 Å². The molecule has 0 radical (unpaired) electrons. The van der Waals surface area contributed by atoms with Gasteiger partial charge in [0.1, 0.15) is 42.8 Å². The van der Waals surface area contributed by atoms with E-state index in [2.05, 4.69) is 63.3 Å². The lowest BCUT2D eigenvalue weighted by Gasteiger charge is -2.33. The first-order chi connectivity index (χ1) is 24.3. The molecule has 1 aromatic carbocycles. The molecule has 3 aromatic heterocycles. The molecular formula is C38H57ClN6O5Si2. The van der Waals surface area contributed by atoms with E-state index >= 15 is 0 Å². The van der Waals surface area contributed by atoms with Gasteiger partial charge in [0.05, 0.1) is 22.3 Å². The van der Waals surface area contributed by atoms with Crippen LogP contribution in [0.5, 0.6) is 0 Å². The Balaban J connectivity index is 1.28. The summed E-state index contributed by atoms with van der Waals surface area (Å²) < 4.78 is 27.4. The predicted molar refractivity (Wildman–Crippen MR) is 213 cm³/mol. The minimum atomic E-state index is -1.38. The van der Waals surface area contributed by atoms with Crippen LogP contribution < -0.4 is 10.6 Å². The van der Waals surface area contributed by atoms with Crippen molar-refractivity contribution in [1.29, 1.82) is 0 Å². The lowest BCUT2D eigenvalue weighted by Crippen LogP contribution is -2.40. The summed E-state index contributed by atoms with van der Waals surface area (Å²) in [4.78, 5) is 11.3. The van der Waals surface area contributed by atoms with E-state index in [1.807, 2.05) is 47.5 Å². The van der Waals surface area contributed by atoms with Crippen LogP contribution in [-0.4, -0.2) is 85.5 Å². The highest BCUT2D eigenvalue weighted by atomic mass is 35.5. The number of benzene rings is 1. The van der Waals surface area contributed by atoms with Crippen molar-refractivity contribution < 1.29 is 24.1 Å². The number of aliphatic hydroxyl groups is 1. The summed E-state index contributed by atoms with van der Waals surface area (Å²) in [5, 5.41) is 18.9. The standard InChI is InChI=1S/C38H57ClN6O5Si2/c1-36(2)49-32-33(50-36)38(46,22-37(32,3)15-14-26-10-11-27-21-28(39)34(40)43-29(27)20-26)31-13-12-30-35(41-23-42-45(30)31)44(24-47-16-18-51(4,5)6)25-48-17-19-52(7,8)9/h10-13,20-21,23,32-33,46H,14-19,22,24-25H2,1-9H3,(H2,40,43)/t32-,33+,37-,38+/m0/s1.